The van der Waals surface area contributed by atoms with E-state index in [0.717, 1.165) is 11.3 Å². The highest BCUT2D eigenvalue weighted by Gasteiger charge is 2.31. The Kier molecular flexibility index (Phi) is 5.67. The number of thiophene rings is 1. The number of carboxylic acid groups (broad SMARTS) is 1. The molecule has 124 valence electrons. The number of likely N-dealkylation sites (tertiary alicyclic amines) is 1. The Balaban J connectivity index is 2.02. The smallest absolute Gasteiger partial charge is 0.407 e. The fraction of sp³-hybridized carbons (Fsp3) is 0.583. The molecular formula is C12H17ClN2O5S2. The highest BCUT2D eigenvalue weighted by atomic mass is 35.5. The molecule has 1 aliphatic rings. The lowest BCUT2D eigenvalue weighted by Gasteiger charge is -2.34. The van der Waals surface area contributed by atoms with Crippen LogP contribution < -0.4 is 4.72 Å². The zero-order valence-corrected chi connectivity index (χ0v) is 14.0. The van der Waals surface area contributed by atoms with Crippen LogP contribution >= 0.6 is 22.9 Å². The highest BCUT2D eigenvalue weighted by molar-refractivity contribution is 7.91. The Labute approximate surface area is 137 Å². The van der Waals surface area contributed by atoms with Gasteiger partial charge in [0.1, 0.15) is 4.21 Å². The van der Waals surface area contributed by atoms with Crippen molar-refractivity contribution in [1.29, 1.82) is 0 Å². The van der Waals surface area contributed by atoms with E-state index < -0.39 is 22.2 Å². The molecule has 1 unspecified atom stereocenters. The maximum Gasteiger partial charge on any atom is 0.407 e. The fourth-order valence-electron chi connectivity index (χ4n) is 2.48. The summed E-state index contributed by atoms with van der Waals surface area (Å²) in [7, 11) is -3.74. The lowest BCUT2D eigenvalue weighted by molar-refractivity contribution is 0.109. The van der Waals surface area contributed by atoms with Crippen molar-refractivity contribution in [1.82, 2.24) is 9.62 Å². The molecule has 0 saturated carbocycles. The molecule has 1 saturated heterocycles. The second-order valence-corrected chi connectivity index (χ2v) is 8.73. The molecule has 3 N–H and O–H groups in total. The van der Waals surface area contributed by atoms with Gasteiger partial charge in [-0.2, -0.15) is 0 Å². The van der Waals surface area contributed by atoms with Crippen molar-refractivity contribution in [3.05, 3.63) is 16.5 Å². The number of piperidine rings is 1. The van der Waals surface area contributed by atoms with E-state index in [1.165, 1.54) is 17.0 Å². The van der Waals surface area contributed by atoms with E-state index in [1.54, 1.807) is 0 Å². The second kappa shape index (κ2) is 7.14. The molecule has 7 nitrogen and oxygen atoms in total. The number of nitrogens with one attached hydrogen (secondary N) is 1. The topological polar surface area (TPSA) is 107 Å². The molecule has 0 bridgehead atoms. The minimum Gasteiger partial charge on any atom is -0.465 e. The Morgan fingerprint density at radius 2 is 2.09 bits per heavy atom. The number of carbonyl (C=O) groups is 1. The van der Waals surface area contributed by atoms with Crippen LogP contribution in [0.4, 0.5) is 4.79 Å². The zero-order chi connectivity index (χ0) is 16.3. The van der Waals surface area contributed by atoms with Crippen LogP contribution in [0.5, 0.6) is 0 Å². The lowest BCUT2D eigenvalue weighted by atomic mass is 9.90. The van der Waals surface area contributed by atoms with Gasteiger partial charge in [-0.3, -0.25) is 0 Å². The molecule has 0 aliphatic carbocycles. The summed E-state index contributed by atoms with van der Waals surface area (Å²) in [6.07, 6.45) is 0.0315. The standard InChI is InChI=1S/C12H17ClN2O5S2/c13-10-1-2-11(21-10)22(19,20)14-9(7-16)8-3-5-15(6-4-8)12(17)18/h1-2,8-9,14,16H,3-7H2,(H,17,18). The zero-order valence-electron chi connectivity index (χ0n) is 11.6. The number of halogens is 1. The van der Waals surface area contributed by atoms with E-state index in [1.807, 2.05) is 0 Å². The number of rotatable bonds is 5. The third kappa shape index (κ3) is 4.11. The van der Waals surface area contributed by atoms with Crippen LogP contribution in [0.15, 0.2) is 16.3 Å². The first-order valence-corrected chi connectivity index (χ1v) is 9.37. The average molecular weight is 369 g/mol. The minimum atomic E-state index is -3.74. The van der Waals surface area contributed by atoms with Gasteiger partial charge in [-0.1, -0.05) is 11.6 Å². The normalized spacial score (nSPS) is 18.4. The number of hydrogen-bond acceptors (Lipinski definition) is 5. The summed E-state index contributed by atoms with van der Waals surface area (Å²) in [6, 6.07) is 2.28. The number of nitrogens with zero attached hydrogens (tertiary/aromatic N) is 1. The van der Waals surface area contributed by atoms with Gasteiger partial charge in [0.25, 0.3) is 0 Å². The minimum absolute atomic E-state index is 0.0962. The molecule has 0 spiro atoms. The van der Waals surface area contributed by atoms with E-state index in [9.17, 15) is 18.3 Å². The molecule has 2 rings (SSSR count). The number of aliphatic hydroxyl groups is 1. The Morgan fingerprint density at radius 3 is 2.55 bits per heavy atom. The van der Waals surface area contributed by atoms with Crippen molar-refractivity contribution >= 4 is 39.1 Å². The number of aliphatic hydroxyl groups excluding tert-OH is 1. The molecule has 1 amide bonds. The van der Waals surface area contributed by atoms with Crippen LogP contribution in [0.25, 0.3) is 0 Å². The Bertz CT molecular complexity index is 625. The molecule has 0 aromatic carbocycles. The van der Waals surface area contributed by atoms with Gasteiger partial charge in [-0.15, -0.1) is 11.3 Å². The molecule has 22 heavy (non-hydrogen) atoms. The molecule has 1 aromatic heterocycles. The third-order valence-electron chi connectivity index (χ3n) is 3.70. The first-order chi connectivity index (χ1) is 10.3. The summed E-state index contributed by atoms with van der Waals surface area (Å²) >= 11 is 6.69. The van der Waals surface area contributed by atoms with Gasteiger partial charge in [0.15, 0.2) is 0 Å². The van der Waals surface area contributed by atoms with Crippen molar-refractivity contribution in [3.8, 4) is 0 Å². The van der Waals surface area contributed by atoms with E-state index >= 15 is 0 Å². The van der Waals surface area contributed by atoms with Gasteiger partial charge in [-0.05, 0) is 30.9 Å². The maximum atomic E-state index is 12.3. The monoisotopic (exact) mass is 368 g/mol. The average Bonchev–Trinajstić information content (AvgIpc) is 2.92. The molecule has 1 fully saturated rings. The van der Waals surface area contributed by atoms with Crippen LogP contribution in [-0.2, 0) is 10.0 Å². The first-order valence-electron chi connectivity index (χ1n) is 6.70. The van der Waals surface area contributed by atoms with Gasteiger partial charge in [0.2, 0.25) is 10.0 Å². The number of amides is 1. The number of sulfonamides is 1. The van der Waals surface area contributed by atoms with Gasteiger partial charge < -0.3 is 15.1 Å². The molecule has 10 heteroatoms. The van der Waals surface area contributed by atoms with Crippen LogP contribution in [0.3, 0.4) is 0 Å². The summed E-state index contributed by atoms with van der Waals surface area (Å²) in [4.78, 5) is 12.2. The molecule has 2 heterocycles. The van der Waals surface area contributed by atoms with E-state index in [2.05, 4.69) is 4.72 Å². The SMILES string of the molecule is O=C(O)N1CCC(C(CO)NS(=O)(=O)c2ccc(Cl)s2)CC1. The highest BCUT2D eigenvalue weighted by Crippen LogP contribution is 2.27. The quantitative estimate of drug-likeness (QED) is 0.728. The summed E-state index contributed by atoms with van der Waals surface area (Å²) in [5, 5.41) is 18.4. The summed E-state index contributed by atoms with van der Waals surface area (Å²) < 4.78 is 27.5. The summed E-state index contributed by atoms with van der Waals surface area (Å²) in [5.74, 6) is -0.106. The van der Waals surface area contributed by atoms with Gasteiger partial charge in [-0.25, -0.2) is 17.9 Å². The van der Waals surface area contributed by atoms with E-state index in [4.69, 9.17) is 16.7 Å². The maximum absolute atomic E-state index is 12.3. The van der Waals surface area contributed by atoms with Crippen molar-refractivity contribution in [2.45, 2.75) is 23.1 Å². The van der Waals surface area contributed by atoms with Gasteiger partial charge >= 0.3 is 6.09 Å². The van der Waals surface area contributed by atoms with Crippen LogP contribution in [0, 0.1) is 5.92 Å². The number of hydrogen-bond donors (Lipinski definition) is 3. The largest absolute Gasteiger partial charge is 0.465 e. The predicted octanol–water partition coefficient (Wildman–Crippen LogP) is 1.43. The van der Waals surface area contributed by atoms with Crippen LogP contribution in [0.1, 0.15) is 12.8 Å². The van der Waals surface area contributed by atoms with E-state index in [0.29, 0.717) is 30.3 Å². The fourth-order valence-corrected chi connectivity index (χ4v) is 5.27. The van der Waals surface area contributed by atoms with Crippen molar-refractivity contribution in [2.75, 3.05) is 19.7 Å². The van der Waals surface area contributed by atoms with Crippen molar-refractivity contribution in [3.63, 3.8) is 0 Å². The molecule has 1 atom stereocenters. The van der Waals surface area contributed by atoms with Gasteiger partial charge in [0.05, 0.1) is 10.9 Å². The molecule has 0 radical (unpaired) electrons. The molecule has 1 aromatic rings. The second-order valence-electron chi connectivity index (χ2n) is 5.08. The summed E-state index contributed by atoms with van der Waals surface area (Å²) in [6.45, 7) is 0.336. The first kappa shape index (κ1) is 17.5. The van der Waals surface area contributed by atoms with Crippen LogP contribution in [-0.4, -0.2) is 55.4 Å². The predicted molar refractivity (Wildman–Crippen MR) is 82.8 cm³/mol. The van der Waals surface area contributed by atoms with Crippen molar-refractivity contribution < 1.29 is 23.4 Å². The molecular weight excluding hydrogens is 352 g/mol. The molecule has 1 aliphatic heterocycles. The Hall–Kier alpha value is -0.870. The van der Waals surface area contributed by atoms with Gasteiger partial charge in [0, 0.05) is 19.1 Å². The van der Waals surface area contributed by atoms with Crippen LogP contribution in [0.2, 0.25) is 4.34 Å². The van der Waals surface area contributed by atoms with Crippen molar-refractivity contribution in [2.24, 2.45) is 5.92 Å². The Morgan fingerprint density at radius 1 is 1.45 bits per heavy atom. The van der Waals surface area contributed by atoms with E-state index in [-0.39, 0.29) is 16.7 Å². The third-order valence-corrected chi connectivity index (χ3v) is 6.91. The summed E-state index contributed by atoms with van der Waals surface area (Å²) in [5.41, 5.74) is 0. The lowest BCUT2D eigenvalue weighted by Crippen LogP contribution is -2.48.